The van der Waals surface area contributed by atoms with Crippen LogP contribution in [0, 0.1) is 18.6 Å². The van der Waals surface area contributed by atoms with Gasteiger partial charge in [0.15, 0.2) is 5.13 Å². The summed E-state index contributed by atoms with van der Waals surface area (Å²) in [6, 6.07) is 8.42. The van der Waals surface area contributed by atoms with Crippen LogP contribution in [0.4, 0.5) is 8.78 Å². The van der Waals surface area contributed by atoms with Gasteiger partial charge in [0.25, 0.3) is 5.91 Å². The van der Waals surface area contributed by atoms with Crippen molar-refractivity contribution in [3.63, 3.8) is 0 Å². The Bertz CT molecular complexity index is 1280. The van der Waals surface area contributed by atoms with Crippen LogP contribution >= 0.6 is 11.3 Å². The molecule has 0 atom stereocenters. The van der Waals surface area contributed by atoms with E-state index in [1.807, 2.05) is 6.07 Å². The Kier molecular flexibility index (Phi) is 5.67. The van der Waals surface area contributed by atoms with Crippen molar-refractivity contribution in [1.29, 1.82) is 0 Å². The number of aryl methyl sites for hydroxylation is 1. The van der Waals surface area contributed by atoms with E-state index in [1.165, 1.54) is 10.9 Å². The van der Waals surface area contributed by atoms with Crippen LogP contribution in [0.1, 0.15) is 26.6 Å². The lowest BCUT2D eigenvalue weighted by atomic mass is 10.2. The van der Waals surface area contributed by atoms with Crippen molar-refractivity contribution in [2.75, 3.05) is 0 Å². The molecule has 1 aromatic carbocycles. The first kappa shape index (κ1) is 20.5. The van der Waals surface area contributed by atoms with E-state index >= 15 is 0 Å². The molecule has 158 valence electrons. The highest BCUT2D eigenvalue weighted by Crippen LogP contribution is 2.20. The minimum absolute atomic E-state index is 0.109. The van der Waals surface area contributed by atoms with E-state index in [9.17, 15) is 18.4 Å². The summed E-state index contributed by atoms with van der Waals surface area (Å²) < 4.78 is 29.0. The molecule has 0 saturated carbocycles. The number of carbonyl (C=O) groups is 1. The lowest BCUT2D eigenvalue weighted by Crippen LogP contribution is -2.24. The standard InChI is InChI=1S/C20H16F2N6O2S/c1-12-17(18(29)24-9-16-4-2-3-5-23-16)31-19(26-12)27-11-25-28(20(27)30)10-13-6-14(21)8-15(22)7-13/h2-8,11H,9-10H2,1H3,(H,24,29). The van der Waals surface area contributed by atoms with E-state index in [4.69, 9.17) is 0 Å². The number of halogens is 2. The van der Waals surface area contributed by atoms with Crippen LogP contribution in [0.25, 0.3) is 5.13 Å². The van der Waals surface area contributed by atoms with Gasteiger partial charge >= 0.3 is 5.69 Å². The highest BCUT2D eigenvalue weighted by atomic mass is 32.1. The third-order valence-corrected chi connectivity index (χ3v) is 5.50. The highest BCUT2D eigenvalue weighted by Gasteiger charge is 2.18. The van der Waals surface area contributed by atoms with Crippen LogP contribution in [-0.4, -0.2) is 30.2 Å². The summed E-state index contributed by atoms with van der Waals surface area (Å²) in [5.74, 6) is -1.80. The zero-order valence-corrected chi connectivity index (χ0v) is 17.1. The van der Waals surface area contributed by atoms with Crippen molar-refractivity contribution >= 4 is 17.2 Å². The molecule has 0 radical (unpaired) electrons. The number of carbonyl (C=O) groups excluding carboxylic acids is 1. The Balaban J connectivity index is 1.53. The van der Waals surface area contributed by atoms with Gasteiger partial charge in [-0.15, -0.1) is 0 Å². The molecule has 1 amide bonds. The molecule has 3 aromatic heterocycles. The molecule has 0 saturated heterocycles. The minimum atomic E-state index is -0.737. The van der Waals surface area contributed by atoms with Gasteiger partial charge in [-0.05, 0) is 36.8 Å². The molecule has 0 spiro atoms. The van der Waals surface area contributed by atoms with E-state index in [2.05, 4.69) is 20.4 Å². The molecule has 0 aliphatic carbocycles. The Morgan fingerprint density at radius 1 is 1.19 bits per heavy atom. The normalized spacial score (nSPS) is 10.9. The lowest BCUT2D eigenvalue weighted by Gasteiger charge is -2.03. The fourth-order valence-corrected chi connectivity index (χ4v) is 3.85. The second kappa shape index (κ2) is 8.56. The van der Waals surface area contributed by atoms with Gasteiger partial charge in [-0.25, -0.2) is 27.8 Å². The molecule has 4 aromatic rings. The number of hydrogen-bond acceptors (Lipinski definition) is 6. The third-order valence-electron chi connectivity index (χ3n) is 4.34. The predicted octanol–water partition coefficient (Wildman–Crippen LogP) is 2.45. The summed E-state index contributed by atoms with van der Waals surface area (Å²) in [5, 5.41) is 7.03. The van der Waals surface area contributed by atoms with Crippen LogP contribution in [0.15, 0.2) is 53.7 Å². The van der Waals surface area contributed by atoms with E-state index < -0.39 is 17.3 Å². The van der Waals surface area contributed by atoms with Crippen LogP contribution in [0.3, 0.4) is 0 Å². The fraction of sp³-hybridized carbons (Fsp3) is 0.150. The molecule has 3 heterocycles. The van der Waals surface area contributed by atoms with Gasteiger partial charge in [0.1, 0.15) is 22.8 Å². The summed E-state index contributed by atoms with van der Waals surface area (Å²) in [7, 11) is 0. The van der Waals surface area contributed by atoms with Crippen molar-refractivity contribution in [3.05, 3.63) is 92.9 Å². The molecule has 1 N–H and O–H groups in total. The molecule has 0 bridgehead atoms. The number of aromatic nitrogens is 5. The topological polar surface area (TPSA) is 94.7 Å². The SMILES string of the molecule is Cc1nc(-n2cnn(Cc3cc(F)cc(F)c3)c2=O)sc1C(=O)NCc1ccccn1. The number of pyridine rings is 1. The first-order chi connectivity index (χ1) is 14.9. The second-order valence-corrected chi connectivity index (χ2v) is 7.61. The Morgan fingerprint density at radius 2 is 1.97 bits per heavy atom. The van der Waals surface area contributed by atoms with E-state index in [0.29, 0.717) is 16.3 Å². The summed E-state index contributed by atoms with van der Waals surface area (Å²) in [6.45, 7) is 1.82. The molecule has 11 heteroatoms. The molecule has 4 rings (SSSR count). The summed E-state index contributed by atoms with van der Waals surface area (Å²) in [6.07, 6.45) is 2.89. The fourth-order valence-electron chi connectivity index (χ4n) is 2.90. The average Bonchev–Trinajstić information content (AvgIpc) is 3.29. The molecular formula is C20H16F2N6O2S. The number of nitrogens with one attached hydrogen (secondary N) is 1. The van der Waals surface area contributed by atoms with E-state index in [0.717, 1.165) is 34.2 Å². The van der Waals surface area contributed by atoms with Crippen molar-refractivity contribution in [1.82, 2.24) is 29.6 Å². The average molecular weight is 442 g/mol. The molecule has 31 heavy (non-hydrogen) atoms. The number of hydrogen-bond donors (Lipinski definition) is 1. The quantitative estimate of drug-likeness (QED) is 0.495. The van der Waals surface area contributed by atoms with Gasteiger partial charge in [0.2, 0.25) is 0 Å². The molecule has 8 nitrogen and oxygen atoms in total. The van der Waals surface area contributed by atoms with Crippen LogP contribution in [0.2, 0.25) is 0 Å². The Labute approximate surface area is 178 Å². The number of thiazole rings is 1. The maximum atomic E-state index is 13.4. The third kappa shape index (κ3) is 4.56. The largest absolute Gasteiger partial charge is 0.352 e. The monoisotopic (exact) mass is 442 g/mol. The molecule has 0 aliphatic heterocycles. The first-order valence-corrected chi connectivity index (χ1v) is 9.97. The summed E-state index contributed by atoms with van der Waals surface area (Å²) >= 11 is 1.04. The maximum absolute atomic E-state index is 13.4. The highest BCUT2D eigenvalue weighted by molar-refractivity contribution is 7.16. The Morgan fingerprint density at radius 3 is 2.68 bits per heavy atom. The number of rotatable bonds is 6. The number of amides is 1. The van der Waals surface area contributed by atoms with Gasteiger partial charge in [-0.2, -0.15) is 5.10 Å². The smallest absolute Gasteiger partial charge is 0.346 e. The van der Waals surface area contributed by atoms with Gasteiger partial charge in [-0.1, -0.05) is 17.4 Å². The second-order valence-electron chi connectivity index (χ2n) is 6.63. The molecule has 0 unspecified atom stereocenters. The van der Waals surface area contributed by atoms with Crippen molar-refractivity contribution < 1.29 is 13.6 Å². The van der Waals surface area contributed by atoms with Crippen molar-refractivity contribution in [2.24, 2.45) is 0 Å². The van der Waals surface area contributed by atoms with Crippen molar-refractivity contribution in [2.45, 2.75) is 20.0 Å². The van der Waals surface area contributed by atoms with Gasteiger partial charge in [0, 0.05) is 12.3 Å². The number of benzene rings is 1. The minimum Gasteiger partial charge on any atom is -0.346 e. The van der Waals surface area contributed by atoms with Gasteiger partial charge in [0.05, 0.1) is 24.5 Å². The molecular weight excluding hydrogens is 426 g/mol. The molecule has 0 fully saturated rings. The first-order valence-electron chi connectivity index (χ1n) is 9.16. The summed E-state index contributed by atoms with van der Waals surface area (Å²) in [5.41, 5.74) is 0.892. The zero-order chi connectivity index (χ0) is 22.0. The Hall–Kier alpha value is -3.73. The van der Waals surface area contributed by atoms with Crippen LogP contribution in [-0.2, 0) is 13.1 Å². The van der Waals surface area contributed by atoms with Crippen LogP contribution < -0.4 is 11.0 Å². The zero-order valence-electron chi connectivity index (χ0n) is 16.2. The van der Waals surface area contributed by atoms with Gasteiger partial charge in [-0.3, -0.25) is 9.78 Å². The number of nitrogens with zero attached hydrogens (tertiary/aromatic N) is 5. The summed E-state index contributed by atoms with van der Waals surface area (Å²) in [4.78, 5) is 34.0. The van der Waals surface area contributed by atoms with Gasteiger partial charge < -0.3 is 5.32 Å². The van der Waals surface area contributed by atoms with E-state index in [1.54, 1.807) is 25.3 Å². The maximum Gasteiger partial charge on any atom is 0.352 e. The van der Waals surface area contributed by atoms with Crippen molar-refractivity contribution in [3.8, 4) is 5.13 Å². The lowest BCUT2D eigenvalue weighted by molar-refractivity contribution is 0.0953. The molecule has 0 aliphatic rings. The van der Waals surface area contributed by atoms with Crippen LogP contribution in [0.5, 0.6) is 0 Å². The predicted molar refractivity (Wildman–Crippen MR) is 109 cm³/mol. The van der Waals surface area contributed by atoms with E-state index in [-0.39, 0.29) is 29.7 Å².